The van der Waals surface area contributed by atoms with Crippen molar-refractivity contribution in [2.24, 2.45) is 0 Å². The highest BCUT2D eigenvalue weighted by Gasteiger charge is 2.24. The van der Waals surface area contributed by atoms with Crippen LogP contribution in [-0.2, 0) is 9.53 Å². The fraction of sp³-hybridized carbons (Fsp3) is 0.292. The van der Waals surface area contributed by atoms with Crippen LogP contribution in [0.1, 0.15) is 39.8 Å². The van der Waals surface area contributed by atoms with Gasteiger partial charge in [0.2, 0.25) is 0 Å². The number of benzene rings is 2. The average Bonchev–Trinajstić information content (AvgIpc) is 3.31. The van der Waals surface area contributed by atoms with Crippen molar-refractivity contribution in [1.29, 1.82) is 0 Å². The number of nitrogens with zero attached hydrogens (tertiary/aromatic N) is 1. The third kappa shape index (κ3) is 5.38. The zero-order chi connectivity index (χ0) is 23.1. The van der Waals surface area contributed by atoms with E-state index in [-0.39, 0.29) is 0 Å². The molecule has 168 valence electrons. The Bertz CT molecular complexity index is 1070. The van der Waals surface area contributed by atoms with Crippen LogP contribution in [0, 0.1) is 6.92 Å². The van der Waals surface area contributed by atoms with E-state index in [1.807, 2.05) is 43.5 Å². The molecule has 0 bridgehead atoms. The number of amides is 1. The molecule has 1 aromatic heterocycles. The van der Waals surface area contributed by atoms with E-state index in [2.05, 4.69) is 10.3 Å². The Morgan fingerprint density at radius 3 is 2.62 bits per heavy atom. The molecule has 2 atom stereocenters. The molecule has 0 spiro atoms. The first kappa shape index (κ1) is 23.6. The van der Waals surface area contributed by atoms with Gasteiger partial charge in [-0.2, -0.15) is 11.8 Å². The lowest BCUT2D eigenvalue weighted by Gasteiger charge is -2.19. The standard InChI is InChI=1S/C24H26N2O5S/c1-15-6-4-5-7-17(15)19-12-16(22(30-2)21-13-25-14-31-21)8-9-18(19)23(27)26-20(24(28)29)10-11-32-3/h4-9,12-14,20,22H,10-11H2,1-3H3,(H,26,27)(H,28,29). The van der Waals surface area contributed by atoms with E-state index in [0.29, 0.717) is 29.1 Å². The first-order valence-electron chi connectivity index (χ1n) is 10.1. The lowest BCUT2D eigenvalue weighted by atomic mass is 9.92. The van der Waals surface area contributed by atoms with Gasteiger partial charge < -0.3 is 19.6 Å². The third-order valence-corrected chi connectivity index (χ3v) is 5.83. The van der Waals surface area contributed by atoms with E-state index in [1.165, 1.54) is 18.2 Å². The molecule has 32 heavy (non-hydrogen) atoms. The maximum Gasteiger partial charge on any atom is 0.326 e. The summed E-state index contributed by atoms with van der Waals surface area (Å²) in [4.78, 5) is 28.8. The monoisotopic (exact) mass is 454 g/mol. The van der Waals surface area contributed by atoms with Gasteiger partial charge in [0.05, 0.1) is 6.20 Å². The van der Waals surface area contributed by atoms with Crippen LogP contribution in [-0.4, -0.2) is 47.1 Å². The number of hydrogen-bond acceptors (Lipinski definition) is 6. The minimum absolute atomic E-state index is 0.345. The fourth-order valence-electron chi connectivity index (χ4n) is 3.52. The minimum atomic E-state index is -1.05. The highest BCUT2D eigenvalue weighted by molar-refractivity contribution is 7.98. The molecule has 0 saturated carbocycles. The molecule has 0 saturated heterocycles. The van der Waals surface area contributed by atoms with Crippen LogP contribution in [0.5, 0.6) is 0 Å². The van der Waals surface area contributed by atoms with Crippen molar-refractivity contribution in [1.82, 2.24) is 10.3 Å². The molecule has 8 heteroatoms. The average molecular weight is 455 g/mol. The third-order valence-electron chi connectivity index (χ3n) is 5.19. The van der Waals surface area contributed by atoms with Crippen molar-refractivity contribution < 1.29 is 23.8 Å². The van der Waals surface area contributed by atoms with Gasteiger partial charge in [-0.1, -0.05) is 30.3 Å². The number of thioether (sulfide) groups is 1. The minimum Gasteiger partial charge on any atom is -0.480 e. The second-order valence-electron chi connectivity index (χ2n) is 7.29. The molecule has 7 nitrogen and oxygen atoms in total. The van der Waals surface area contributed by atoms with Crippen LogP contribution in [0.15, 0.2) is 59.5 Å². The van der Waals surface area contributed by atoms with Gasteiger partial charge in [-0.3, -0.25) is 4.79 Å². The Hall–Kier alpha value is -3.10. The number of ether oxygens (including phenoxy) is 1. The number of aliphatic carboxylic acids is 1. The molecule has 3 rings (SSSR count). The van der Waals surface area contributed by atoms with Gasteiger partial charge in [0, 0.05) is 12.7 Å². The van der Waals surface area contributed by atoms with Gasteiger partial charge in [0.1, 0.15) is 12.1 Å². The maximum atomic E-state index is 13.2. The molecular weight excluding hydrogens is 428 g/mol. The smallest absolute Gasteiger partial charge is 0.326 e. The predicted octanol–water partition coefficient (Wildman–Crippen LogP) is 4.32. The number of aryl methyl sites for hydroxylation is 1. The van der Waals surface area contributed by atoms with Crippen LogP contribution in [0.2, 0.25) is 0 Å². The normalized spacial score (nSPS) is 12.8. The topological polar surface area (TPSA) is 102 Å². The van der Waals surface area contributed by atoms with Crippen LogP contribution in [0.25, 0.3) is 11.1 Å². The van der Waals surface area contributed by atoms with Crippen molar-refractivity contribution >= 4 is 23.6 Å². The van der Waals surface area contributed by atoms with E-state index in [4.69, 9.17) is 9.15 Å². The molecular formula is C24H26N2O5S. The number of carboxylic acids is 1. The number of rotatable bonds is 10. The molecule has 1 heterocycles. The fourth-order valence-corrected chi connectivity index (χ4v) is 3.99. The second kappa shape index (κ2) is 11.0. The number of hydrogen-bond donors (Lipinski definition) is 2. The summed E-state index contributed by atoms with van der Waals surface area (Å²) in [6.07, 6.45) is 4.68. The quantitative estimate of drug-likeness (QED) is 0.470. The van der Waals surface area contributed by atoms with Gasteiger partial charge in [-0.25, -0.2) is 9.78 Å². The van der Waals surface area contributed by atoms with E-state index < -0.39 is 24.0 Å². The van der Waals surface area contributed by atoms with Crippen LogP contribution in [0.4, 0.5) is 0 Å². The first-order valence-corrected chi connectivity index (χ1v) is 11.5. The SMILES string of the molecule is COC(c1ccc(C(=O)NC(CCSC)C(=O)O)c(-c2ccccc2C)c1)c1cnco1. The summed E-state index contributed by atoms with van der Waals surface area (Å²) in [5, 5.41) is 12.2. The van der Waals surface area contributed by atoms with E-state index >= 15 is 0 Å². The molecule has 2 aromatic carbocycles. The number of aromatic nitrogens is 1. The second-order valence-corrected chi connectivity index (χ2v) is 8.27. The molecule has 0 radical (unpaired) electrons. The van der Waals surface area contributed by atoms with E-state index in [9.17, 15) is 14.7 Å². The Kier molecular flexibility index (Phi) is 8.08. The Morgan fingerprint density at radius 2 is 2.00 bits per heavy atom. The van der Waals surface area contributed by atoms with Gasteiger partial charge >= 0.3 is 5.97 Å². The van der Waals surface area contributed by atoms with E-state index in [1.54, 1.807) is 25.4 Å². The summed E-state index contributed by atoms with van der Waals surface area (Å²) in [5.41, 5.74) is 3.74. The number of nitrogens with one attached hydrogen (secondary N) is 1. The number of methoxy groups -OCH3 is 1. The van der Waals surface area contributed by atoms with Crippen molar-refractivity contribution in [3.05, 3.63) is 77.5 Å². The zero-order valence-corrected chi connectivity index (χ0v) is 19.0. The summed E-state index contributed by atoms with van der Waals surface area (Å²) >= 11 is 1.54. The van der Waals surface area contributed by atoms with Crippen molar-refractivity contribution in [2.45, 2.75) is 25.5 Å². The lowest BCUT2D eigenvalue weighted by molar-refractivity contribution is -0.139. The van der Waals surface area contributed by atoms with Gasteiger partial charge in [0.25, 0.3) is 5.91 Å². The molecule has 0 aliphatic heterocycles. The van der Waals surface area contributed by atoms with Crippen molar-refractivity contribution in [2.75, 3.05) is 19.1 Å². The van der Waals surface area contributed by atoms with Crippen LogP contribution < -0.4 is 5.32 Å². The molecule has 0 aliphatic carbocycles. The van der Waals surface area contributed by atoms with Crippen molar-refractivity contribution in [3.8, 4) is 11.1 Å². The number of carboxylic acid groups (broad SMARTS) is 1. The van der Waals surface area contributed by atoms with Gasteiger partial charge in [-0.05, 0) is 59.7 Å². The summed E-state index contributed by atoms with van der Waals surface area (Å²) in [5.74, 6) is -0.306. The zero-order valence-electron chi connectivity index (χ0n) is 18.2. The van der Waals surface area contributed by atoms with Crippen molar-refractivity contribution in [3.63, 3.8) is 0 Å². The Labute approximate surface area is 191 Å². The Balaban J connectivity index is 2.04. The summed E-state index contributed by atoms with van der Waals surface area (Å²) < 4.78 is 11.1. The molecule has 2 N–H and O–H groups in total. The van der Waals surface area contributed by atoms with Gasteiger partial charge in [0.15, 0.2) is 12.2 Å². The van der Waals surface area contributed by atoms with E-state index in [0.717, 1.165) is 16.7 Å². The molecule has 0 fully saturated rings. The molecule has 3 aromatic rings. The molecule has 2 unspecified atom stereocenters. The molecule has 1 amide bonds. The summed E-state index contributed by atoms with van der Waals surface area (Å²) in [7, 11) is 1.57. The van der Waals surface area contributed by atoms with Crippen LogP contribution >= 0.6 is 11.8 Å². The first-order chi connectivity index (χ1) is 15.5. The summed E-state index contributed by atoms with van der Waals surface area (Å²) in [6, 6.07) is 12.1. The number of oxazole rings is 1. The van der Waals surface area contributed by atoms with Crippen LogP contribution in [0.3, 0.4) is 0 Å². The number of carbonyl (C=O) groups excluding carboxylic acids is 1. The highest BCUT2D eigenvalue weighted by Crippen LogP contribution is 2.33. The lowest BCUT2D eigenvalue weighted by Crippen LogP contribution is -2.41. The molecule has 0 aliphatic rings. The summed E-state index contributed by atoms with van der Waals surface area (Å²) in [6.45, 7) is 1.96. The maximum absolute atomic E-state index is 13.2. The largest absolute Gasteiger partial charge is 0.480 e. The number of carbonyl (C=O) groups is 2. The van der Waals surface area contributed by atoms with Gasteiger partial charge in [-0.15, -0.1) is 0 Å². The Morgan fingerprint density at radius 1 is 1.22 bits per heavy atom. The highest BCUT2D eigenvalue weighted by atomic mass is 32.2. The predicted molar refractivity (Wildman–Crippen MR) is 124 cm³/mol.